The largest absolute Gasteiger partial charge is 0.432 e. The third kappa shape index (κ3) is 13.7. The highest BCUT2D eigenvalue weighted by Gasteiger charge is 2.74. The van der Waals surface area contributed by atoms with E-state index in [0.717, 1.165) is 5.57 Å². The number of carbonyl (C=O) groups excluding carboxylic acids is 1. The van der Waals surface area contributed by atoms with Crippen molar-refractivity contribution in [2.75, 3.05) is 59.5 Å². The van der Waals surface area contributed by atoms with Gasteiger partial charge in [0.15, 0.2) is 37.6 Å². The van der Waals surface area contributed by atoms with Crippen molar-refractivity contribution in [3.63, 3.8) is 0 Å². The van der Waals surface area contributed by atoms with Crippen LogP contribution in [-0.4, -0.2) is 363 Å². The van der Waals surface area contributed by atoms with Crippen LogP contribution < -0.4 is 0 Å². The van der Waals surface area contributed by atoms with E-state index in [0.29, 0.717) is 32.1 Å². The number of rotatable bonds is 19. The number of aliphatic hydroxyl groups excluding tert-OH is 18. The molecule has 7 heterocycles. The second-order valence-corrected chi connectivity index (χ2v) is 33.7. The minimum absolute atomic E-state index is 0.00468. The first-order valence-corrected chi connectivity index (χ1v) is 36.4. The van der Waals surface area contributed by atoms with E-state index in [4.69, 9.17) is 66.3 Å². The first-order chi connectivity index (χ1) is 48.8. The molecule has 0 spiro atoms. The van der Waals surface area contributed by atoms with Crippen molar-refractivity contribution in [1.82, 2.24) is 0 Å². The van der Waals surface area contributed by atoms with Crippen LogP contribution in [-0.2, 0) is 71.1 Å². The van der Waals surface area contributed by atoms with Crippen LogP contribution in [0.1, 0.15) is 107 Å². The molecule has 35 heteroatoms. The Morgan fingerprint density at radius 3 is 1.65 bits per heavy atom. The third-order valence-electron chi connectivity index (χ3n) is 26.7. The fourth-order valence-corrected chi connectivity index (χ4v) is 20.2. The third-order valence-corrected chi connectivity index (χ3v) is 26.7. The molecule has 35 nitrogen and oxygen atoms in total. The minimum Gasteiger partial charge on any atom is -0.432 e. The predicted octanol–water partition coefficient (Wildman–Crippen LogP) is -6.99. The number of ether oxygens (including phenoxy) is 14. The van der Waals surface area contributed by atoms with E-state index in [9.17, 15) is 102 Å². The van der Waals surface area contributed by atoms with Gasteiger partial charge in [-0.2, -0.15) is 0 Å². The zero-order chi connectivity index (χ0) is 75.8. The van der Waals surface area contributed by atoms with Crippen LogP contribution in [0.15, 0.2) is 11.6 Å². The van der Waals surface area contributed by atoms with Crippen molar-refractivity contribution in [2.45, 2.75) is 302 Å². The second kappa shape index (κ2) is 30.1. The Bertz CT molecular complexity index is 2990. The lowest BCUT2D eigenvalue weighted by Gasteiger charge is -2.72. The summed E-state index contributed by atoms with van der Waals surface area (Å²) in [5.41, 5.74) is -9.03. The number of aliphatic hydroxyl groups is 20. The summed E-state index contributed by atoms with van der Waals surface area (Å²) in [6.07, 6.45) is -45.1. The Morgan fingerprint density at radius 2 is 1.04 bits per heavy atom. The number of esters is 1. The van der Waals surface area contributed by atoms with Crippen LogP contribution in [0.25, 0.3) is 0 Å². The monoisotopic (exact) mass is 1500 g/mol. The lowest BCUT2D eigenvalue weighted by atomic mass is 9.33. The zero-order valence-corrected chi connectivity index (χ0v) is 59.7. The van der Waals surface area contributed by atoms with E-state index in [-0.39, 0.29) is 30.6 Å². The highest BCUT2D eigenvalue weighted by molar-refractivity contribution is 5.79. The molecule has 7 saturated heterocycles. The van der Waals surface area contributed by atoms with Gasteiger partial charge < -0.3 is 168 Å². The first kappa shape index (κ1) is 81.4. The summed E-state index contributed by atoms with van der Waals surface area (Å²) < 4.78 is 85.1. The average molecular weight is 1500 g/mol. The maximum atomic E-state index is 15.8. The van der Waals surface area contributed by atoms with Crippen molar-refractivity contribution in [2.24, 2.45) is 50.2 Å². The van der Waals surface area contributed by atoms with E-state index < -0.39 is 300 Å². The van der Waals surface area contributed by atoms with Crippen molar-refractivity contribution < 1.29 is 173 Å². The summed E-state index contributed by atoms with van der Waals surface area (Å²) in [4.78, 5) is 15.8. The summed E-state index contributed by atoms with van der Waals surface area (Å²) in [5.74, 6) is -2.34. The van der Waals surface area contributed by atoms with Gasteiger partial charge in [0.1, 0.15) is 121 Å². The van der Waals surface area contributed by atoms with Gasteiger partial charge in [0.25, 0.3) is 0 Å². The number of allylic oxidation sites excluding steroid dienone is 2. The molecule has 2 unspecified atom stereocenters. The molecule has 0 aromatic rings. The van der Waals surface area contributed by atoms with Gasteiger partial charge in [-0.3, -0.25) is 4.79 Å². The van der Waals surface area contributed by atoms with Gasteiger partial charge in [0.2, 0.25) is 6.29 Å². The molecule has 20 N–H and O–H groups in total. The lowest BCUT2D eigenvalue weighted by Crippen LogP contribution is -2.72. The van der Waals surface area contributed by atoms with Crippen LogP contribution in [0.2, 0.25) is 0 Å². The van der Waals surface area contributed by atoms with Crippen LogP contribution in [0.5, 0.6) is 0 Å². The summed E-state index contributed by atoms with van der Waals surface area (Å²) in [7, 11) is 0. The summed E-state index contributed by atoms with van der Waals surface area (Å²) in [6.45, 7) is 8.62. The van der Waals surface area contributed by atoms with Crippen LogP contribution in [0, 0.1) is 50.2 Å². The molecule has 12 aliphatic rings. The first-order valence-electron chi connectivity index (χ1n) is 36.4. The molecule has 104 heavy (non-hydrogen) atoms. The predicted molar refractivity (Wildman–Crippen MR) is 343 cm³/mol. The molecule has 5 aliphatic carbocycles. The SMILES string of the molecule is C[C@@H]1O[C@@H](CO[C@@H]2[C@@H](O[C@@H]3OC[C@](O)(CO)[C@H]3O)[C@H](O[C@H]3[C@H](O[C@H]4[C@H](OC(=O)[C@]56CCC(C)(C)CC5C5=CC[C@@H]7[C@@]8(C)C[C@H](O)[C@H](O[C@@H]9O[C@H](CO)[C@@H](O)[C@H](O)[C@H]9O[C@@H]9OC[C@](O)(CO)[C@H]9O)[C@@](C)(CO)C8[C@H](O)C[C@@]7(C)[C@]5(C)CC6)OC[C@H](O)[C@@H]4O)O[C@@H](C)[C@H](O)[C@H]3O)OC[C@H]2O)[C@H](O)[C@H](O)[C@H]1O. The highest BCUT2D eigenvalue weighted by atomic mass is 16.8. The number of hydrogen-bond acceptors (Lipinski definition) is 35. The standard InChI is InChI=1S/C69H112O35/c1-27-38(78)43(83)42(82)36(96-27)21-91-46-34(77)20-93-56(50(46)102-60-53(87)69(90,24-73)26-95-60)99-48-44(84)39(79)28(2)97-57(48)100-47-40(80)33(76)19-92-55(47)104-61(88)67-13-11-62(3,4)15-30(67)29-9-10-37-63(5)16-32(75)54(64(6,22-71)51(63)31(74)17-66(37,8)65(29,7)12-14-67)103-58-49(45(85)41(81)35(18-70)98-58)101-59-52(86)68(89,23-72)25-94-59/h9,27-28,30-60,70-87,89-90H,10-26H2,1-8H3/t27-,28-,30?,31+,32-,33-,34+,35+,36-,37+,38-,39-,40-,41+,42-,43+,44+,45-,46-,47+,48+,49+,50+,51?,52-,53-,54-,55-,56-,57-,58-,59-,60-,63+,64-,65+,66+,67-,68+,69+/m0/s1. The van der Waals surface area contributed by atoms with Crippen molar-refractivity contribution in [3.8, 4) is 0 Å². The van der Waals surface area contributed by atoms with Gasteiger partial charge >= 0.3 is 5.97 Å². The fraction of sp³-hybridized carbons (Fsp3) is 0.957. The zero-order valence-electron chi connectivity index (χ0n) is 59.7. The number of hydrogen-bond donors (Lipinski definition) is 20. The quantitative estimate of drug-likeness (QED) is 0.0325. The Hall–Kier alpha value is -2.11. The van der Waals surface area contributed by atoms with Gasteiger partial charge in [-0.1, -0.05) is 53.2 Å². The molecule has 11 fully saturated rings. The smallest absolute Gasteiger partial charge is 0.315 e. The summed E-state index contributed by atoms with van der Waals surface area (Å²) in [5, 5.41) is 224. The van der Waals surface area contributed by atoms with E-state index in [1.54, 1.807) is 6.92 Å². The Balaban J connectivity index is 0.798. The minimum atomic E-state index is -2.24. The average Bonchev–Trinajstić information content (AvgIpc) is 0.780. The van der Waals surface area contributed by atoms with E-state index in [2.05, 4.69) is 33.8 Å². The maximum absolute atomic E-state index is 15.8. The summed E-state index contributed by atoms with van der Waals surface area (Å²) >= 11 is 0. The molecule has 0 aromatic heterocycles. The Kier molecular flexibility index (Phi) is 23.6. The van der Waals surface area contributed by atoms with Crippen molar-refractivity contribution in [1.29, 1.82) is 0 Å². The summed E-state index contributed by atoms with van der Waals surface area (Å²) in [6, 6.07) is 0. The molecule has 598 valence electrons. The molecular formula is C69H112O35. The van der Waals surface area contributed by atoms with E-state index in [1.807, 2.05) is 6.92 Å². The van der Waals surface area contributed by atoms with Crippen LogP contribution in [0.3, 0.4) is 0 Å². The fourth-order valence-electron chi connectivity index (χ4n) is 20.2. The molecule has 0 aromatic carbocycles. The topological polar surface area (TPSA) is 551 Å². The van der Waals surface area contributed by atoms with Gasteiger partial charge in [-0.25, -0.2) is 0 Å². The van der Waals surface area contributed by atoms with Crippen LogP contribution >= 0.6 is 0 Å². The molecule has 0 radical (unpaired) electrons. The van der Waals surface area contributed by atoms with Crippen molar-refractivity contribution in [3.05, 3.63) is 11.6 Å². The Labute approximate surface area is 600 Å². The molecule has 12 rings (SSSR count). The molecule has 0 bridgehead atoms. The molecule has 40 atom stereocenters. The van der Waals surface area contributed by atoms with E-state index in [1.165, 1.54) is 13.8 Å². The second-order valence-electron chi connectivity index (χ2n) is 33.7. The molecule has 0 amide bonds. The van der Waals surface area contributed by atoms with Gasteiger partial charge in [0, 0.05) is 11.3 Å². The normalized spacial score (nSPS) is 55.3. The maximum Gasteiger partial charge on any atom is 0.315 e. The van der Waals surface area contributed by atoms with Crippen molar-refractivity contribution >= 4 is 5.97 Å². The molecular weight excluding hydrogens is 1390 g/mol. The molecule has 7 aliphatic heterocycles. The van der Waals surface area contributed by atoms with Gasteiger partial charge in [0.05, 0.1) is 95.4 Å². The Morgan fingerprint density at radius 1 is 0.500 bits per heavy atom. The lowest BCUT2D eigenvalue weighted by molar-refractivity contribution is -0.388. The van der Waals surface area contributed by atoms with Crippen LogP contribution in [0.4, 0.5) is 0 Å². The number of carbonyl (C=O) groups is 1. The van der Waals surface area contributed by atoms with Gasteiger partial charge in [-0.05, 0) is 98.7 Å². The van der Waals surface area contributed by atoms with Gasteiger partial charge in [-0.15, -0.1) is 0 Å². The molecule has 4 saturated carbocycles. The number of fused-ring (bicyclic) bond motifs is 7. The van der Waals surface area contributed by atoms with E-state index >= 15 is 4.79 Å². The highest BCUT2D eigenvalue weighted by Crippen LogP contribution is 2.76.